The van der Waals surface area contributed by atoms with Crippen LogP contribution in [0.3, 0.4) is 0 Å². The second-order valence-corrected chi connectivity index (χ2v) is 3.55. The van der Waals surface area contributed by atoms with Gasteiger partial charge in [0.05, 0.1) is 0 Å². The third-order valence-electron chi connectivity index (χ3n) is 1.32. The fourth-order valence-electron chi connectivity index (χ4n) is 0.776. The van der Waals surface area contributed by atoms with E-state index in [4.69, 9.17) is 0 Å². The maximum atomic E-state index is 12.3. The van der Waals surface area contributed by atoms with Crippen molar-refractivity contribution in [3.05, 3.63) is 21.4 Å². The Bertz CT molecular complexity index is 354. The first-order valence-corrected chi connectivity index (χ1v) is 4.57. The zero-order valence-corrected chi connectivity index (χ0v) is 9.01. The minimum absolute atomic E-state index is 0.0807. The van der Waals surface area contributed by atoms with E-state index in [1.165, 1.54) is 0 Å². The van der Waals surface area contributed by atoms with Gasteiger partial charge in [0.1, 0.15) is 0 Å². The second-order valence-electron chi connectivity index (χ2n) is 2.39. The average Bonchev–Trinajstić information content (AvgIpc) is 2.05. The maximum absolute atomic E-state index is 12.3. The van der Waals surface area contributed by atoms with Crippen molar-refractivity contribution >= 4 is 22.6 Å². The van der Waals surface area contributed by atoms with Gasteiger partial charge in [-0.05, 0) is 22.6 Å². The molecule has 0 fully saturated rings. The van der Waals surface area contributed by atoms with Crippen LogP contribution in [0.15, 0.2) is 12.3 Å². The Morgan fingerprint density at radius 3 is 2.40 bits per heavy atom. The molecular weight excluding hydrogens is 336 g/mol. The van der Waals surface area contributed by atoms with Crippen LogP contribution < -0.4 is 4.74 Å². The van der Waals surface area contributed by atoms with Gasteiger partial charge < -0.3 is 4.74 Å². The van der Waals surface area contributed by atoms with Crippen LogP contribution in [0.1, 0.15) is 12.0 Å². The van der Waals surface area contributed by atoms with Crippen LogP contribution in [-0.2, 0) is 0 Å². The summed E-state index contributed by atoms with van der Waals surface area (Å²) in [6, 6.07) is 0.569. The van der Waals surface area contributed by atoms with Crippen molar-refractivity contribution in [3.8, 4) is 5.88 Å². The monoisotopic (exact) mass is 339 g/mol. The highest BCUT2D eigenvalue weighted by atomic mass is 127. The second kappa shape index (κ2) is 4.45. The molecule has 0 atom stereocenters. The van der Waals surface area contributed by atoms with Crippen LogP contribution in [0.2, 0.25) is 0 Å². The van der Waals surface area contributed by atoms with E-state index in [-0.39, 0.29) is 3.57 Å². The molecular formula is C7H3F5INO. The molecule has 0 aliphatic heterocycles. The van der Waals surface area contributed by atoms with Crippen LogP contribution in [0.5, 0.6) is 5.88 Å². The Kier molecular flexibility index (Phi) is 3.68. The van der Waals surface area contributed by atoms with Gasteiger partial charge in [0.25, 0.3) is 6.43 Å². The summed E-state index contributed by atoms with van der Waals surface area (Å²) in [5.74, 6) is -0.891. The van der Waals surface area contributed by atoms with Crippen molar-refractivity contribution in [2.75, 3.05) is 0 Å². The van der Waals surface area contributed by atoms with E-state index in [0.717, 1.165) is 6.20 Å². The number of halogens is 6. The number of aromatic nitrogens is 1. The molecule has 0 amide bonds. The van der Waals surface area contributed by atoms with Gasteiger partial charge in [-0.1, -0.05) is 0 Å². The van der Waals surface area contributed by atoms with E-state index in [9.17, 15) is 22.0 Å². The molecule has 0 spiro atoms. The summed E-state index contributed by atoms with van der Waals surface area (Å²) < 4.78 is 63.2. The molecule has 0 saturated carbocycles. The highest BCUT2D eigenvalue weighted by Crippen LogP contribution is 2.28. The first-order valence-electron chi connectivity index (χ1n) is 3.49. The van der Waals surface area contributed by atoms with Gasteiger partial charge in [0.15, 0.2) is 0 Å². The molecule has 8 heteroatoms. The van der Waals surface area contributed by atoms with Gasteiger partial charge in [-0.3, -0.25) is 0 Å². The normalized spacial score (nSPS) is 11.9. The molecule has 0 aromatic carbocycles. The SMILES string of the molecule is FC(F)c1cc(OC(F)(F)F)ncc1I. The lowest BCUT2D eigenvalue weighted by atomic mass is 10.3. The molecule has 0 unspecified atom stereocenters. The fourth-order valence-corrected chi connectivity index (χ4v) is 1.31. The molecule has 0 N–H and O–H groups in total. The summed E-state index contributed by atoms with van der Waals surface area (Å²) in [4.78, 5) is 3.22. The molecule has 15 heavy (non-hydrogen) atoms. The van der Waals surface area contributed by atoms with Gasteiger partial charge in [-0.15, -0.1) is 13.2 Å². The van der Waals surface area contributed by atoms with Gasteiger partial charge >= 0.3 is 6.36 Å². The van der Waals surface area contributed by atoms with Crippen molar-refractivity contribution in [2.45, 2.75) is 12.8 Å². The number of ether oxygens (including phenoxy) is 1. The Labute approximate surface area is 94.6 Å². The van der Waals surface area contributed by atoms with Crippen LogP contribution in [-0.4, -0.2) is 11.3 Å². The highest BCUT2D eigenvalue weighted by molar-refractivity contribution is 14.1. The number of rotatable bonds is 2. The van der Waals surface area contributed by atoms with Crippen LogP contribution in [0.25, 0.3) is 0 Å². The predicted octanol–water partition coefficient (Wildman–Crippen LogP) is 3.52. The zero-order chi connectivity index (χ0) is 11.6. The molecule has 1 aromatic rings. The molecule has 1 aromatic heterocycles. The quantitative estimate of drug-likeness (QED) is 0.608. The lowest BCUT2D eigenvalue weighted by Gasteiger charge is -2.09. The van der Waals surface area contributed by atoms with E-state index in [0.29, 0.717) is 6.07 Å². The van der Waals surface area contributed by atoms with E-state index >= 15 is 0 Å². The molecule has 1 rings (SSSR count). The number of pyridine rings is 1. The summed E-state index contributed by atoms with van der Waals surface area (Å²) in [6.45, 7) is 0. The Balaban J connectivity index is 2.98. The number of hydrogen-bond donors (Lipinski definition) is 0. The summed E-state index contributed by atoms with van der Waals surface area (Å²) >= 11 is 1.55. The minimum Gasteiger partial charge on any atom is -0.388 e. The van der Waals surface area contributed by atoms with Gasteiger partial charge in [0, 0.05) is 21.4 Å². The largest absolute Gasteiger partial charge is 0.574 e. The number of nitrogens with zero attached hydrogens (tertiary/aromatic N) is 1. The van der Waals surface area contributed by atoms with Crippen molar-refractivity contribution in [1.29, 1.82) is 0 Å². The number of hydrogen-bond acceptors (Lipinski definition) is 2. The number of alkyl halides is 5. The van der Waals surface area contributed by atoms with Crippen LogP contribution >= 0.6 is 22.6 Å². The summed E-state index contributed by atoms with van der Waals surface area (Å²) in [7, 11) is 0. The molecule has 0 aliphatic rings. The molecule has 0 radical (unpaired) electrons. The third-order valence-corrected chi connectivity index (χ3v) is 2.22. The first kappa shape index (κ1) is 12.4. The van der Waals surface area contributed by atoms with Gasteiger partial charge in [-0.2, -0.15) is 0 Å². The third kappa shape index (κ3) is 3.76. The molecule has 84 valence electrons. The molecule has 0 saturated heterocycles. The highest BCUT2D eigenvalue weighted by Gasteiger charge is 2.32. The first-order chi connectivity index (χ1) is 6.79. The van der Waals surface area contributed by atoms with Crippen molar-refractivity contribution in [3.63, 3.8) is 0 Å². The zero-order valence-electron chi connectivity index (χ0n) is 6.86. The van der Waals surface area contributed by atoms with E-state index in [1.807, 2.05) is 0 Å². The van der Waals surface area contributed by atoms with E-state index < -0.39 is 24.2 Å². The van der Waals surface area contributed by atoms with Crippen molar-refractivity contribution < 1.29 is 26.7 Å². The Hall–Kier alpha value is -0.670. The van der Waals surface area contributed by atoms with Gasteiger partial charge in [0.2, 0.25) is 5.88 Å². The predicted molar refractivity (Wildman–Crippen MR) is 48.6 cm³/mol. The Morgan fingerprint density at radius 1 is 1.33 bits per heavy atom. The topological polar surface area (TPSA) is 22.1 Å². The molecule has 0 bridgehead atoms. The standard InChI is InChI=1S/C7H3F5INO/c8-6(9)3-1-5(14-2-4(3)13)15-7(10,11)12/h1-2,6H. The molecule has 2 nitrogen and oxygen atoms in total. The van der Waals surface area contributed by atoms with Gasteiger partial charge in [-0.25, -0.2) is 13.8 Å². The van der Waals surface area contributed by atoms with Crippen LogP contribution in [0.4, 0.5) is 22.0 Å². The van der Waals surface area contributed by atoms with Crippen molar-refractivity contribution in [1.82, 2.24) is 4.98 Å². The summed E-state index contributed by atoms with van der Waals surface area (Å²) in [6.07, 6.45) is -6.90. The smallest absolute Gasteiger partial charge is 0.388 e. The van der Waals surface area contributed by atoms with Crippen molar-refractivity contribution in [2.24, 2.45) is 0 Å². The fraction of sp³-hybridized carbons (Fsp3) is 0.286. The maximum Gasteiger partial charge on any atom is 0.574 e. The Morgan fingerprint density at radius 2 is 1.93 bits per heavy atom. The molecule has 0 aliphatic carbocycles. The summed E-state index contributed by atoms with van der Waals surface area (Å²) in [5, 5.41) is 0. The molecule has 1 heterocycles. The van der Waals surface area contributed by atoms with E-state index in [2.05, 4.69) is 9.72 Å². The van der Waals surface area contributed by atoms with E-state index in [1.54, 1.807) is 22.6 Å². The average molecular weight is 339 g/mol. The summed E-state index contributed by atoms with van der Waals surface area (Å²) in [5.41, 5.74) is -0.537. The van der Waals surface area contributed by atoms with Crippen LogP contribution in [0, 0.1) is 3.57 Å². The lowest BCUT2D eigenvalue weighted by molar-refractivity contribution is -0.276. The lowest BCUT2D eigenvalue weighted by Crippen LogP contribution is -2.18. The minimum atomic E-state index is -4.93.